The molecular formula is C22H24ClF3N4O. The van der Waals surface area contributed by atoms with Crippen molar-refractivity contribution in [2.45, 2.75) is 56.8 Å². The van der Waals surface area contributed by atoms with Crippen LogP contribution in [0.5, 0.6) is 0 Å². The van der Waals surface area contributed by atoms with Crippen LogP contribution in [0.3, 0.4) is 0 Å². The van der Waals surface area contributed by atoms with E-state index in [2.05, 4.69) is 15.6 Å². The van der Waals surface area contributed by atoms with Gasteiger partial charge in [-0.25, -0.2) is 9.78 Å². The monoisotopic (exact) mass is 452 g/mol. The second-order valence-corrected chi connectivity index (χ2v) is 9.66. The van der Waals surface area contributed by atoms with E-state index in [0.717, 1.165) is 38.4 Å². The van der Waals surface area contributed by atoms with Crippen molar-refractivity contribution in [3.05, 3.63) is 35.0 Å². The van der Waals surface area contributed by atoms with Gasteiger partial charge in [0.15, 0.2) is 0 Å². The number of halogens is 4. The van der Waals surface area contributed by atoms with Crippen LogP contribution in [-0.4, -0.2) is 41.1 Å². The molecule has 5 rings (SSSR count). The van der Waals surface area contributed by atoms with E-state index >= 15 is 0 Å². The van der Waals surface area contributed by atoms with Crippen LogP contribution in [0.2, 0.25) is 5.02 Å². The van der Waals surface area contributed by atoms with E-state index in [0.29, 0.717) is 27.9 Å². The summed E-state index contributed by atoms with van der Waals surface area (Å²) in [4.78, 5) is 18.1. The van der Waals surface area contributed by atoms with Crippen LogP contribution in [0.4, 0.5) is 23.7 Å². The fourth-order valence-corrected chi connectivity index (χ4v) is 4.97. The fraction of sp³-hybridized carbons (Fsp3) is 0.545. The lowest BCUT2D eigenvalue weighted by Crippen LogP contribution is -2.57. The first kappa shape index (κ1) is 20.7. The average Bonchev–Trinajstić information content (AvgIpc) is 3.48. The number of hydrogen-bond donors (Lipinski definition) is 2. The van der Waals surface area contributed by atoms with Gasteiger partial charge < -0.3 is 15.5 Å². The Morgan fingerprint density at radius 3 is 2.61 bits per heavy atom. The summed E-state index contributed by atoms with van der Waals surface area (Å²) in [7, 11) is 0. The third-order valence-electron chi connectivity index (χ3n) is 6.72. The Balaban J connectivity index is 1.30. The third-order valence-corrected chi connectivity index (χ3v) is 6.95. The first-order valence-corrected chi connectivity index (χ1v) is 11.1. The van der Waals surface area contributed by atoms with Crippen molar-refractivity contribution in [2.24, 2.45) is 5.41 Å². The molecule has 1 saturated heterocycles. The molecule has 2 aromatic rings. The molecule has 0 unspecified atom stereocenters. The van der Waals surface area contributed by atoms with Crippen molar-refractivity contribution in [3.63, 3.8) is 0 Å². The molecule has 1 spiro atoms. The number of pyridine rings is 1. The lowest BCUT2D eigenvalue weighted by Gasteiger charge is -2.41. The number of hydrogen-bond acceptors (Lipinski definition) is 3. The number of alkyl halides is 3. The molecule has 2 aliphatic carbocycles. The van der Waals surface area contributed by atoms with Crippen LogP contribution < -0.4 is 10.6 Å². The van der Waals surface area contributed by atoms with Gasteiger partial charge in [-0.2, -0.15) is 13.2 Å². The van der Waals surface area contributed by atoms with E-state index in [-0.39, 0.29) is 23.6 Å². The molecule has 2 atom stereocenters. The molecule has 0 bridgehead atoms. The summed E-state index contributed by atoms with van der Waals surface area (Å²) in [5.41, 5.74) is 0.0927. The van der Waals surface area contributed by atoms with E-state index < -0.39 is 11.9 Å². The predicted octanol–water partition coefficient (Wildman–Crippen LogP) is 5.44. The SMILES string of the molecule is O=C(N[C@@H]1CCC[C@H](Nc2cc(C(F)(F)F)nc3ccc(Cl)cc23)C1)N1CC2(CC2)C1. The molecular weight excluding hydrogens is 429 g/mol. The molecule has 1 aromatic carbocycles. The van der Waals surface area contributed by atoms with Crippen LogP contribution in [-0.2, 0) is 6.18 Å². The van der Waals surface area contributed by atoms with Gasteiger partial charge in [-0.3, -0.25) is 0 Å². The first-order chi connectivity index (χ1) is 14.7. The zero-order valence-corrected chi connectivity index (χ0v) is 17.7. The van der Waals surface area contributed by atoms with Crippen molar-refractivity contribution in [2.75, 3.05) is 18.4 Å². The second-order valence-electron chi connectivity index (χ2n) is 9.22. The number of likely N-dealkylation sites (tertiary alicyclic amines) is 1. The molecule has 166 valence electrons. The van der Waals surface area contributed by atoms with Gasteiger partial charge in [0.05, 0.1) is 5.52 Å². The molecule has 1 aliphatic heterocycles. The highest BCUT2D eigenvalue weighted by Crippen LogP contribution is 2.52. The maximum Gasteiger partial charge on any atom is 0.433 e. The average molecular weight is 453 g/mol. The normalized spacial score (nSPS) is 24.7. The largest absolute Gasteiger partial charge is 0.433 e. The smallest absolute Gasteiger partial charge is 0.382 e. The van der Waals surface area contributed by atoms with Crippen LogP contribution in [0.1, 0.15) is 44.2 Å². The van der Waals surface area contributed by atoms with Crippen molar-refractivity contribution in [1.82, 2.24) is 15.2 Å². The number of nitrogens with zero attached hydrogens (tertiary/aromatic N) is 2. The van der Waals surface area contributed by atoms with Crippen LogP contribution in [0.15, 0.2) is 24.3 Å². The maximum absolute atomic E-state index is 13.4. The number of aromatic nitrogens is 1. The molecule has 9 heteroatoms. The second kappa shape index (κ2) is 7.43. The summed E-state index contributed by atoms with van der Waals surface area (Å²) in [6.07, 6.45) is 1.15. The Hall–Kier alpha value is -2.22. The summed E-state index contributed by atoms with van der Waals surface area (Å²) >= 11 is 6.09. The quantitative estimate of drug-likeness (QED) is 0.652. The number of benzene rings is 1. The van der Waals surface area contributed by atoms with Gasteiger partial charge in [-0.15, -0.1) is 0 Å². The van der Waals surface area contributed by atoms with Crippen LogP contribution in [0.25, 0.3) is 10.9 Å². The van der Waals surface area contributed by atoms with Crippen LogP contribution in [0, 0.1) is 5.41 Å². The third kappa shape index (κ3) is 4.27. The molecule has 3 fully saturated rings. The number of urea groups is 1. The lowest BCUT2D eigenvalue weighted by molar-refractivity contribution is -0.140. The Labute approximate surface area is 183 Å². The summed E-state index contributed by atoms with van der Waals surface area (Å²) in [6.45, 7) is 1.69. The molecule has 2 N–H and O–H groups in total. The Kier molecular flexibility index (Phi) is 4.95. The van der Waals surface area contributed by atoms with E-state index in [1.807, 2.05) is 4.90 Å². The van der Waals surface area contributed by atoms with Crippen molar-refractivity contribution in [1.29, 1.82) is 0 Å². The number of anilines is 1. The highest BCUT2D eigenvalue weighted by Gasteiger charge is 2.53. The van der Waals surface area contributed by atoms with Gasteiger partial charge in [-0.05, 0) is 62.8 Å². The minimum atomic E-state index is -4.54. The summed E-state index contributed by atoms with van der Waals surface area (Å²) in [5.74, 6) is 0. The van der Waals surface area contributed by atoms with E-state index in [4.69, 9.17) is 11.6 Å². The van der Waals surface area contributed by atoms with Crippen molar-refractivity contribution < 1.29 is 18.0 Å². The number of amides is 2. The number of carbonyl (C=O) groups is 1. The topological polar surface area (TPSA) is 57.3 Å². The van der Waals surface area contributed by atoms with Gasteiger partial charge in [-0.1, -0.05) is 11.6 Å². The van der Waals surface area contributed by atoms with Gasteiger partial charge in [0.25, 0.3) is 0 Å². The van der Waals surface area contributed by atoms with Crippen molar-refractivity contribution >= 4 is 34.2 Å². The van der Waals surface area contributed by atoms with Gasteiger partial charge in [0.2, 0.25) is 0 Å². The number of nitrogens with one attached hydrogen (secondary N) is 2. The molecule has 1 aromatic heterocycles. The lowest BCUT2D eigenvalue weighted by atomic mass is 9.90. The van der Waals surface area contributed by atoms with E-state index in [9.17, 15) is 18.0 Å². The van der Waals surface area contributed by atoms with Crippen molar-refractivity contribution in [3.8, 4) is 0 Å². The Bertz CT molecular complexity index is 1020. The Morgan fingerprint density at radius 1 is 1.16 bits per heavy atom. The van der Waals surface area contributed by atoms with Gasteiger partial charge >= 0.3 is 12.2 Å². The first-order valence-electron chi connectivity index (χ1n) is 10.7. The zero-order valence-electron chi connectivity index (χ0n) is 16.9. The van der Waals surface area contributed by atoms with Gasteiger partial charge in [0, 0.05) is 46.7 Å². The molecule has 2 heterocycles. The summed E-state index contributed by atoms with van der Waals surface area (Å²) in [5, 5.41) is 7.40. The fourth-order valence-electron chi connectivity index (χ4n) is 4.80. The van der Waals surface area contributed by atoms with E-state index in [1.54, 1.807) is 6.07 Å². The van der Waals surface area contributed by atoms with E-state index in [1.165, 1.54) is 25.0 Å². The Morgan fingerprint density at radius 2 is 1.90 bits per heavy atom. The molecule has 2 saturated carbocycles. The molecule has 5 nitrogen and oxygen atoms in total. The number of carbonyl (C=O) groups excluding carboxylic acids is 1. The molecule has 0 radical (unpaired) electrons. The highest BCUT2D eigenvalue weighted by molar-refractivity contribution is 6.31. The minimum Gasteiger partial charge on any atom is -0.382 e. The highest BCUT2D eigenvalue weighted by atomic mass is 35.5. The van der Waals surface area contributed by atoms with Crippen LogP contribution >= 0.6 is 11.6 Å². The standard InChI is InChI=1S/C22H24ClF3N4O/c23-13-4-5-17-16(8-13)18(10-19(29-17)22(24,25)26)27-14-2-1-3-15(9-14)28-20(31)30-11-21(12-30)6-7-21/h4-5,8,10,14-15H,1-3,6-7,9,11-12H2,(H,27,29)(H,28,31)/t14-,15+/m0/s1. The molecule has 2 amide bonds. The van der Waals surface area contributed by atoms with Gasteiger partial charge in [0.1, 0.15) is 5.69 Å². The molecule has 31 heavy (non-hydrogen) atoms. The molecule has 3 aliphatic rings. The summed E-state index contributed by atoms with van der Waals surface area (Å²) in [6, 6.07) is 5.66. The number of fused-ring (bicyclic) bond motifs is 1. The maximum atomic E-state index is 13.4. The zero-order chi connectivity index (χ0) is 21.8. The predicted molar refractivity (Wildman–Crippen MR) is 113 cm³/mol. The number of rotatable bonds is 3. The summed E-state index contributed by atoms with van der Waals surface area (Å²) < 4.78 is 40.1. The minimum absolute atomic E-state index is 0.00767.